The molecule has 0 saturated carbocycles. The highest BCUT2D eigenvalue weighted by atomic mass is 32.2. The minimum Gasteiger partial charge on any atom is -0.394 e. The molecular formula is C11H15N5O3S. The number of hydrogen-bond donors (Lipinski definition) is 3. The lowest BCUT2D eigenvalue weighted by Gasteiger charge is -2.13. The van der Waals surface area contributed by atoms with Crippen LogP contribution < -0.4 is 5.73 Å². The first-order chi connectivity index (χ1) is 9.63. The zero-order valence-corrected chi connectivity index (χ0v) is 11.6. The van der Waals surface area contributed by atoms with Crippen LogP contribution in [-0.2, 0) is 4.74 Å². The molecule has 9 heteroatoms. The molecule has 3 rings (SSSR count). The number of rotatable bonds is 3. The van der Waals surface area contributed by atoms with E-state index < -0.39 is 18.4 Å². The van der Waals surface area contributed by atoms with E-state index in [-0.39, 0.29) is 6.61 Å². The average Bonchev–Trinajstić information content (AvgIpc) is 3.01. The van der Waals surface area contributed by atoms with Crippen molar-refractivity contribution in [2.75, 3.05) is 18.6 Å². The van der Waals surface area contributed by atoms with Crippen molar-refractivity contribution in [2.24, 2.45) is 0 Å². The molecule has 1 fully saturated rings. The van der Waals surface area contributed by atoms with Crippen LogP contribution in [0.4, 0.5) is 5.82 Å². The van der Waals surface area contributed by atoms with Gasteiger partial charge in [-0.2, -0.15) is 5.10 Å². The summed E-state index contributed by atoms with van der Waals surface area (Å²) in [7, 11) is 0. The van der Waals surface area contributed by atoms with Gasteiger partial charge in [-0.3, -0.25) is 0 Å². The molecule has 0 radical (unpaired) electrons. The van der Waals surface area contributed by atoms with E-state index in [0.29, 0.717) is 28.4 Å². The number of aromatic nitrogens is 4. The molecule has 20 heavy (non-hydrogen) atoms. The lowest BCUT2D eigenvalue weighted by Crippen LogP contribution is -2.24. The van der Waals surface area contributed by atoms with Crippen molar-refractivity contribution >= 4 is 28.6 Å². The van der Waals surface area contributed by atoms with Crippen molar-refractivity contribution in [1.29, 1.82) is 0 Å². The second-order valence-electron chi connectivity index (χ2n) is 4.54. The summed E-state index contributed by atoms with van der Waals surface area (Å²) in [6.07, 6.45) is 2.00. The maximum Gasteiger partial charge on any atom is 0.191 e. The molecule has 108 valence electrons. The van der Waals surface area contributed by atoms with Crippen molar-refractivity contribution in [3.63, 3.8) is 0 Å². The van der Waals surface area contributed by atoms with Gasteiger partial charge >= 0.3 is 0 Å². The number of hydrogen-bond acceptors (Lipinski definition) is 8. The van der Waals surface area contributed by atoms with Crippen molar-refractivity contribution in [3.05, 3.63) is 6.20 Å². The zero-order valence-electron chi connectivity index (χ0n) is 10.8. The molecule has 1 aliphatic rings. The minimum atomic E-state index is -0.719. The molecule has 0 aromatic carbocycles. The summed E-state index contributed by atoms with van der Waals surface area (Å²) >= 11 is 1.38. The van der Waals surface area contributed by atoms with Crippen LogP contribution in [0.15, 0.2) is 11.4 Å². The highest BCUT2D eigenvalue weighted by Crippen LogP contribution is 2.31. The SMILES string of the molecule is CSc1nc(N)c2cnn([C@@H]3C[C@H](O)[C@@H](CO)O3)c2n1. The largest absolute Gasteiger partial charge is 0.394 e. The molecular weight excluding hydrogens is 282 g/mol. The first kappa shape index (κ1) is 13.6. The highest BCUT2D eigenvalue weighted by molar-refractivity contribution is 7.98. The molecule has 4 N–H and O–H groups in total. The third kappa shape index (κ3) is 2.12. The van der Waals surface area contributed by atoms with Crippen LogP contribution in [0.5, 0.6) is 0 Å². The van der Waals surface area contributed by atoms with Gasteiger partial charge in [0.2, 0.25) is 0 Å². The predicted octanol–water partition coefficient (Wildman–Crippen LogP) is -0.229. The monoisotopic (exact) mass is 297 g/mol. The van der Waals surface area contributed by atoms with E-state index in [4.69, 9.17) is 15.6 Å². The number of nitrogens with zero attached hydrogens (tertiary/aromatic N) is 4. The van der Waals surface area contributed by atoms with Crippen molar-refractivity contribution in [2.45, 2.75) is 30.0 Å². The van der Waals surface area contributed by atoms with Crippen molar-refractivity contribution < 1.29 is 14.9 Å². The maximum absolute atomic E-state index is 9.80. The summed E-state index contributed by atoms with van der Waals surface area (Å²) in [4.78, 5) is 8.54. The molecule has 3 atom stereocenters. The van der Waals surface area contributed by atoms with Crippen LogP contribution in [0.1, 0.15) is 12.6 Å². The number of fused-ring (bicyclic) bond motifs is 1. The van der Waals surface area contributed by atoms with Gasteiger partial charge in [0.25, 0.3) is 0 Å². The standard InChI is InChI=1S/C11H15N5O3S/c1-20-11-14-9(12)5-3-13-16(10(5)15-11)8-2-6(18)7(4-17)19-8/h3,6-8,17-18H,2,4H2,1H3,(H2,12,14,15)/t6-,7+,8-/m0/s1. The Hall–Kier alpha value is -1.42. The Bertz CT molecular complexity index is 634. The fourth-order valence-corrected chi connectivity index (χ4v) is 2.62. The smallest absolute Gasteiger partial charge is 0.191 e. The molecule has 1 saturated heterocycles. The highest BCUT2D eigenvalue weighted by Gasteiger charge is 2.35. The summed E-state index contributed by atoms with van der Waals surface area (Å²) in [5.74, 6) is 0.364. The molecule has 0 amide bonds. The van der Waals surface area contributed by atoms with Crippen LogP contribution in [0.3, 0.4) is 0 Å². The number of anilines is 1. The van der Waals surface area contributed by atoms with Gasteiger partial charge in [0.1, 0.15) is 11.9 Å². The Morgan fingerprint density at radius 2 is 2.35 bits per heavy atom. The third-order valence-electron chi connectivity index (χ3n) is 3.30. The van der Waals surface area contributed by atoms with E-state index in [2.05, 4.69) is 15.1 Å². The van der Waals surface area contributed by atoms with Gasteiger partial charge in [0, 0.05) is 6.42 Å². The van der Waals surface area contributed by atoms with Gasteiger partial charge in [0.05, 0.1) is 24.3 Å². The number of thioether (sulfide) groups is 1. The van der Waals surface area contributed by atoms with Crippen LogP contribution >= 0.6 is 11.8 Å². The second kappa shape index (κ2) is 5.17. The van der Waals surface area contributed by atoms with Crippen LogP contribution in [0, 0.1) is 0 Å². The van der Waals surface area contributed by atoms with Crippen LogP contribution in [0.25, 0.3) is 11.0 Å². The van der Waals surface area contributed by atoms with E-state index in [1.54, 1.807) is 10.9 Å². The van der Waals surface area contributed by atoms with E-state index in [0.717, 1.165) is 0 Å². The van der Waals surface area contributed by atoms with Gasteiger partial charge < -0.3 is 20.7 Å². The Kier molecular flexibility index (Phi) is 3.50. The second-order valence-corrected chi connectivity index (χ2v) is 5.31. The van der Waals surface area contributed by atoms with E-state index in [1.807, 2.05) is 6.26 Å². The van der Waals surface area contributed by atoms with Gasteiger partial charge in [-0.05, 0) is 6.26 Å². The van der Waals surface area contributed by atoms with E-state index in [9.17, 15) is 5.11 Å². The number of ether oxygens (including phenoxy) is 1. The summed E-state index contributed by atoms with van der Waals surface area (Å²) in [6.45, 7) is -0.232. The van der Waals surface area contributed by atoms with Gasteiger partial charge in [-0.1, -0.05) is 11.8 Å². The van der Waals surface area contributed by atoms with Gasteiger partial charge in [0.15, 0.2) is 17.0 Å². The maximum atomic E-state index is 9.80. The molecule has 0 bridgehead atoms. The average molecular weight is 297 g/mol. The van der Waals surface area contributed by atoms with Crippen molar-refractivity contribution in [1.82, 2.24) is 19.7 Å². The Morgan fingerprint density at radius 3 is 3.00 bits per heavy atom. The first-order valence-corrected chi connectivity index (χ1v) is 7.35. The Labute approximate surface area is 119 Å². The number of aliphatic hydroxyl groups is 2. The molecule has 3 heterocycles. The number of aliphatic hydroxyl groups excluding tert-OH is 2. The normalized spacial score (nSPS) is 26.4. The molecule has 2 aromatic rings. The molecule has 2 aromatic heterocycles. The minimum absolute atomic E-state index is 0.232. The lowest BCUT2D eigenvalue weighted by atomic mass is 10.2. The van der Waals surface area contributed by atoms with Gasteiger partial charge in [-0.25, -0.2) is 14.6 Å². The van der Waals surface area contributed by atoms with E-state index >= 15 is 0 Å². The third-order valence-corrected chi connectivity index (χ3v) is 3.85. The van der Waals surface area contributed by atoms with Crippen molar-refractivity contribution in [3.8, 4) is 0 Å². The summed E-state index contributed by atoms with van der Waals surface area (Å²) < 4.78 is 7.16. The molecule has 0 aliphatic carbocycles. The van der Waals surface area contributed by atoms with Gasteiger partial charge in [-0.15, -0.1) is 0 Å². The quantitative estimate of drug-likeness (QED) is 0.525. The number of nitrogen functional groups attached to an aromatic ring is 1. The summed E-state index contributed by atoms with van der Waals surface area (Å²) in [5, 5.41) is 24.3. The number of nitrogens with two attached hydrogens (primary N) is 1. The van der Waals surface area contributed by atoms with E-state index in [1.165, 1.54) is 11.8 Å². The zero-order chi connectivity index (χ0) is 14.3. The Morgan fingerprint density at radius 1 is 1.55 bits per heavy atom. The molecule has 8 nitrogen and oxygen atoms in total. The molecule has 0 spiro atoms. The fourth-order valence-electron chi connectivity index (χ4n) is 2.26. The van der Waals surface area contributed by atoms with Crippen LogP contribution in [0.2, 0.25) is 0 Å². The van der Waals surface area contributed by atoms with Crippen LogP contribution in [-0.4, -0.2) is 55.0 Å². The topological polar surface area (TPSA) is 119 Å². The fraction of sp³-hybridized carbons (Fsp3) is 0.545. The Balaban J connectivity index is 2.02. The predicted molar refractivity (Wildman–Crippen MR) is 73.1 cm³/mol. The molecule has 1 aliphatic heterocycles. The summed E-state index contributed by atoms with van der Waals surface area (Å²) in [5.41, 5.74) is 6.44. The lowest BCUT2D eigenvalue weighted by molar-refractivity contribution is -0.0470. The summed E-state index contributed by atoms with van der Waals surface area (Å²) in [6, 6.07) is 0. The molecule has 0 unspecified atom stereocenters. The first-order valence-electron chi connectivity index (χ1n) is 6.13.